The van der Waals surface area contributed by atoms with Gasteiger partial charge in [0.05, 0.1) is 11.2 Å². The van der Waals surface area contributed by atoms with Crippen molar-refractivity contribution in [3.63, 3.8) is 0 Å². The van der Waals surface area contributed by atoms with Gasteiger partial charge in [-0.3, -0.25) is 4.90 Å². The van der Waals surface area contributed by atoms with Gasteiger partial charge in [0, 0.05) is 18.6 Å². The molecule has 162 valence electrons. The monoisotopic (exact) mass is 415 g/mol. The first-order valence-electron chi connectivity index (χ1n) is 11.8. The minimum absolute atomic E-state index is 0.303. The van der Waals surface area contributed by atoms with Gasteiger partial charge in [-0.1, -0.05) is 67.1 Å². The van der Waals surface area contributed by atoms with Crippen molar-refractivity contribution in [2.24, 2.45) is 0 Å². The second-order valence-electron chi connectivity index (χ2n) is 10.4. The highest BCUT2D eigenvalue weighted by molar-refractivity contribution is 6.62. The standard InChI is InChI=1S/C27H34BNO2/c1-26(2)27(3,4)31-28(30-26)23-13-8-12-21(16-23)22-17-24-14-9-15-25(18-22)29(24)19-20-10-6-5-7-11-20/h5-8,10-13,16-17,24-25H,9,14-15,18-19H2,1-4H3. The van der Waals surface area contributed by atoms with Crippen molar-refractivity contribution in [3.8, 4) is 0 Å². The molecule has 0 amide bonds. The molecule has 2 aromatic carbocycles. The van der Waals surface area contributed by atoms with Gasteiger partial charge in [-0.05, 0) is 69.1 Å². The lowest BCUT2D eigenvalue weighted by molar-refractivity contribution is 0.00578. The van der Waals surface area contributed by atoms with Crippen LogP contribution in [0.1, 0.15) is 64.5 Å². The maximum Gasteiger partial charge on any atom is 0.494 e. The zero-order valence-corrected chi connectivity index (χ0v) is 19.3. The van der Waals surface area contributed by atoms with Crippen LogP contribution in [0.15, 0.2) is 60.7 Å². The van der Waals surface area contributed by atoms with Crippen LogP contribution < -0.4 is 5.46 Å². The summed E-state index contributed by atoms with van der Waals surface area (Å²) in [7, 11) is -0.303. The van der Waals surface area contributed by atoms with E-state index < -0.39 is 0 Å². The molecule has 3 aliphatic heterocycles. The van der Waals surface area contributed by atoms with Crippen molar-refractivity contribution in [2.45, 2.75) is 83.2 Å². The highest BCUT2D eigenvalue weighted by atomic mass is 16.7. The second kappa shape index (κ2) is 7.92. The first-order valence-corrected chi connectivity index (χ1v) is 11.8. The number of benzene rings is 2. The van der Waals surface area contributed by atoms with Crippen molar-refractivity contribution >= 4 is 18.2 Å². The lowest BCUT2D eigenvalue weighted by atomic mass is 9.76. The van der Waals surface area contributed by atoms with E-state index in [9.17, 15) is 0 Å². The van der Waals surface area contributed by atoms with E-state index >= 15 is 0 Å². The van der Waals surface area contributed by atoms with Crippen molar-refractivity contribution in [1.29, 1.82) is 0 Å². The number of fused-ring (bicyclic) bond motifs is 2. The predicted octanol–water partition coefficient (Wildman–Crippen LogP) is 5.20. The number of nitrogens with zero attached hydrogens (tertiary/aromatic N) is 1. The van der Waals surface area contributed by atoms with Gasteiger partial charge >= 0.3 is 7.12 Å². The van der Waals surface area contributed by atoms with Gasteiger partial charge in [0.25, 0.3) is 0 Å². The Kier molecular flexibility index (Phi) is 5.36. The SMILES string of the molecule is CC1(C)OB(c2cccc(C3=CC4CCCC(C3)N4Cc3ccccc3)c2)OC1(C)C. The van der Waals surface area contributed by atoms with Crippen LogP contribution in [0, 0.1) is 0 Å². The molecule has 2 bridgehead atoms. The number of rotatable bonds is 4. The van der Waals surface area contributed by atoms with E-state index in [1.165, 1.54) is 36.0 Å². The van der Waals surface area contributed by atoms with Gasteiger partial charge in [0.2, 0.25) is 0 Å². The normalized spacial score (nSPS) is 27.2. The molecule has 2 atom stereocenters. The summed E-state index contributed by atoms with van der Waals surface area (Å²) in [5.74, 6) is 0. The Labute approximate surface area is 187 Å². The molecular formula is C27H34BNO2. The van der Waals surface area contributed by atoms with Crippen LogP contribution in [-0.2, 0) is 15.9 Å². The van der Waals surface area contributed by atoms with E-state index in [2.05, 4.69) is 93.3 Å². The number of piperidine rings is 1. The van der Waals surface area contributed by atoms with Gasteiger partial charge < -0.3 is 9.31 Å². The molecule has 0 radical (unpaired) electrons. The Morgan fingerprint density at radius 1 is 0.935 bits per heavy atom. The topological polar surface area (TPSA) is 21.7 Å². The smallest absolute Gasteiger partial charge is 0.399 e. The van der Waals surface area contributed by atoms with Crippen LogP contribution in [0.5, 0.6) is 0 Å². The van der Waals surface area contributed by atoms with Crippen LogP contribution in [-0.4, -0.2) is 35.3 Å². The lowest BCUT2D eigenvalue weighted by Gasteiger charge is -2.45. The minimum Gasteiger partial charge on any atom is -0.399 e. The zero-order valence-electron chi connectivity index (χ0n) is 19.3. The van der Waals surface area contributed by atoms with Crippen LogP contribution in [0.25, 0.3) is 5.57 Å². The molecule has 2 saturated heterocycles. The molecule has 0 N–H and O–H groups in total. The third-order valence-electron chi connectivity index (χ3n) is 7.77. The second-order valence-corrected chi connectivity index (χ2v) is 10.4. The van der Waals surface area contributed by atoms with E-state index in [0.29, 0.717) is 12.1 Å². The summed E-state index contributed by atoms with van der Waals surface area (Å²) in [6.07, 6.45) is 7.53. The fraction of sp³-hybridized carbons (Fsp3) is 0.481. The summed E-state index contributed by atoms with van der Waals surface area (Å²) in [6.45, 7) is 9.51. The zero-order chi connectivity index (χ0) is 21.6. The van der Waals surface area contributed by atoms with E-state index in [0.717, 1.165) is 18.4 Å². The van der Waals surface area contributed by atoms with E-state index in [1.54, 1.807) is 0 Å². The van der Waals surface area contributed by atoms with Crippen molar-refractivity contribution < 1.29 is 9.31 Å². The van der Waals surface area contributed by atoms with Crippen LogP contribution in [0.2, 0.25) is 0 Å². The fourth-order valence-electron chi connectivity index (χ4n) is 5.24. The van der Waals surface area contributed by atoms with Gasteiger partial charge in [0.1, 0.15) is 0 Å². The van der Waals surface area contributed by atoms with E-state index in [-0.39, 0.29) is 18.3 Å². The van der Waals surface area contributed by atoms with Crippen molar-refractivity contribution in [1.82, 2.24) is 4.90 Å². The molecule has 2 unspecified atom stereocenters. The molecule has 4 heteroatoms. The van der Waals surface area contributed by atoms with Gasteiger partial charge in [-0.25, -0.2) is 0 Å². The third kappa shape index (κ3) is 4.02. The van der Waals surface area contributed by atoms with Crippen LogP contribution >= 0.6 is 0 Å². The largest absolute Gasteiger partial charge is 0.494 e. The average molecular weight is 415 g/mol. The Balaban J connectivity index is 1.38. The number of hydrogen-bond acceptors (Lipinski definition) is 3. The Morgan fingerprint density at radius 2 is 1.68 bits per heavy atom. The molecule has 5 rings (SSSR count). The maximum absolute atomic E-state index is 6.30. The molecule has 0 spiro atoms. The third-order valence-corrected chi connectivity index (χ3v) is 7.77. The molecule has 3 aliphatic rings. The Bertz CT molecular complexity index is 952. The van der Waals surface area contributed by atoms with Gasteiger partial charge in [-0.15, -0.1) is 0 Å². The first kappa shape index (κ1) is 21.0. The van der Waals surface area contributed by atoms with Crippen molar-refractivity contribution in [3.05, 3.63) is 71.8 Å². The molecule has 2 aromatic rings. The van der Waals surface area contributed by atoms with E-state index in [4.69, 9.17) is 9.31 Å². The minimum atomic E-state index is -0.313. The molecule has 3 heterocycles. The predicted molar refractivity (Wildman–Crippen MR) is 128 cm³/mol. The summed E-state index contributed by atoms with van der Waals surface area (Å²) in [5.41, 5.74) is 4.72. The van der Waals surface area contributed by atoms with Crippen LogP contribution in [0.4, 0.5) is 0 Å². The molecule has 0 aromatic heterocycles. The molecule has 0 saturated carbocycles. The molecule has 31 heavy (non-hydrogen) atoms. The highest BCUT2D eigenvalue weighted by Crippen LogP contribution is 2.39. The summed E-state index contributed by atoms with van der Waals surface area (Å²) in [5, 5.41) is 0. The molecule has 3 nitrogen and oxygen atoms in total. The molecular weight excluding hydrogens is 381 g/mol. The van der Waals surface area contributed by atoms with Gasteiger partial charge in [-0.2, -0.15) is 0 Å². The number of hydrogen-bond donors (Lipinski definition) is 0. The summed E-state index contributed by atoms with van der Waals surface area (Å²) in [4.78, 5) is 2.72. The Morgan fingerprint density at radius 3 is 2.39 bits per heavy atom. The quantitative estimate of drug-likeness (QED) is 0.641. The van der Waals surface area contributed by atoms with Gasteiger partial charge in [0.15, 0.2) is 0 Å². The van der Waals surface area contributed by atoms with E-state index in [1.807, 2.05) is 0 Å². The summed E-state index contributed by atoms with van der Waals surface area (Å²) in [6, 6.07) is 20.9. The summed E-state index contributed by atoms with van der Waals surface area (Å²) < 4.78 is 12.6. The average Bonchev–Trinajstić information content (AvgIpc) is 2.96. The first-order chi connectivity index (χ1) is 14.8. The Hall–Kier alpha value is -1.88. The van der Waals surface area contributed by atoms with Crippen LogP contribution in [0.3, 0.4) is 0 Å². The molecule has 0 aliphatic carbocycles. The lowest BCUT2D eigenvalue weighted by Crippen LogP contribution is -2.47. The maximum atomic E-state index is 6.30. The van der Waals surface area contributed by atoms with Crippen molar-refractivity contribution in [2.75, 3.05) is 0 Å². The molecule has 2 fully saturated rings. The fourth-order valence-corrected chi connectivity index (χ4v) is 5.24. The highest BCUT2D eigenvalue weighted by Gasteiger charge is 2.51. The summed E-state index contributed by atoms with van der Waals surface area (Å²) >= 11 is 0.